The molecule has 0 heterocycles. The van der Waals surface area contributed by atoms with Gasteiger partial charge >= 0.3 is 5.97 Å². The Morgan fingerprint density at radius 3 is 2.60 bits per heavy atom. The lowest BCUT2D eigenvalue weighted by Crippen LogP contribution is -2.33. The predicted molar refractivity (Wildman–Crippen MR) is 89.3 cm³/mol. The lowest BCUT2D eigenvalue weighted by atomic mass is 10.0. The van der Waals surface area contributed by atoms with Crippen molar-refractivity contribution in [1.29, 1.82) is 0 Å². The Morgan fingerprint density at radius 2 is 1.92 bits per heavy atom. The van der Waals surface area contributed by atoms with Crippen molar-refractivity contribution in [1.82, 2.24) is 5.32 Å². The number of nitrogens with one attached hydrogen (secondary N) is 1. The molecule has 2 N–H and O–H groups in total. The average molecular weight is 343 g/mol. The third kappa shape index (κ3) is 3.47. The van der Waals surface area contributed by atoms with E-state index < -0.39 is 23.7 Å². The van der Waals surface area contributed by atoms with E-state index in [1.165, 1.54) is 24.8 Å². The fourth-order valence-electron chi connectivity index (χ4n) is 3.08. The second-order valence-corrected chi connectivity index (χ2v) is 5.98. The lowest BCUT2D eigenvalue weighted by molar-refractivity contribution is -0.139. The topological polar surface area (TPSA) is 75.6 Å². The number of carbonyl (C=O) groups excluding carboxylic acids is 1. The Morgan fingerprint density at radius 1 is 1.16 bits per heavy atom. The number of rotatable bonds is 5. The number of carboxylic acid groups (broad SMARTS) is 1. The molecule has 0 bridgehead atoms. The van der Waals surface area contributed by atoms with Crippen LogP contribution in [-0.2, 0) is 17.6 Å². The first-order valence-corrected chi connectivity index (χ1v) is 7.98. The molecule has 2 aromatic carbocycles. The molecule has 0 radical (unpaired) electrons. The van der Waals surface area contributed by atoms with Crippen molar-refractivity contribution in [2.45, 2.75) is 25.3 Å². The van der Waals surface area contributed by atoms with Gasteiger partial charge in [0.2, 0.25) is 0 Å². The van der Waals surface area contributed by atoms with Gasteiger partial charge in [-0.2, -0.15) is 0 Å². The van der Waals surface area contributed by atoms with Crippen LogP contribution in [0.5, 0.6) is 5.75 Å². The molecule has 130 valence electrons. The van der Waals surface area contributed by atoms with E-state index in [1.54, 1.807) is 12.1 Å². The molecule has 3 rings (SSSR count). The van der Waals surface area contributed by atoms with Crippen LogP contribution in [-0.4, -0.2) is 24.1 Å². The van der Waals surface area contributed by atoms with Gasteiger partial charge < -0.3 is 15.2 Å². The van der Waals surface area contributed by atoms with E-state index in [0.29, 0.717) is 5.56 Å². The highest BCUT2D eigenvalue weighted by Crippen LogP contribution is 2.25. The van der Waals surface area contributed by atoms with Crippen LogP contribution in [0.15, 0.2) is 36.4 Å². The molecule has 0 aromatic heterocycles. The van der Waals surface area contributed by atoms with Crippen molar-refractivity contribution < 1.29 is 23.8 Å². The molecular formula is C19H18FNO4. The standard InChI is InChI=1S/C19H18FNO4/c1-25-16-8-7-13(10-15(16)20)17(19(23)24)21-18(22)14-6-5-11-3-2-4-12(11)9-14/h5-10,17H,2-4H2,1H3,(H,21,22)(H,23,24). The number of halogens is 1. The van der Waals surface area contributed by atoms with Crippen LogP contribution < -0.4 is 10.1 Å². The van der Waals surface area contributed by atoms with E-state index in [-0.39, 0.29) is 11.3 Å². The first-order chi connectivity index (χ1) is 12.0. The maximum atomic E-state index is 13.9. The number of aliphatic carboxylic acids is 1. The zero-order valence-corrected chi connectivity index (χ0v) is 13.7. The Kier molecular flexibility index (Phi) is 4.70. The van der Waals surface area contributed by atoms with Gasteiger partial charge in [0.15, 0.2) is 17.6 Å². The van der Waals surface area contributed by atoms with Crippen molar-refractivity contribution in [3.05, 3.63) is 64.5 Å². The molecule has 5 nitrogen and oxygen atoms in total. The summed E-state index contributed by atoms with van der Waals surface area (Å²) < 4.78 is 18.7. The number of amides is 1. The molecule has 1 aliphatic carbocycles. The molecule has 0 fully saturated rings. The van der Waals surface area contributed by atoms with Crippen molar-refractivity contribution in [3.8, 4) is 5.75 Å². The van der Waals surface area contributed by atoms with E-state index in [9.17, 15) is 19.1 Å². The molecule has 1 amide bonds. The van der Waals surface area contributed by atoms with Crippen molar-refractivity contribution in [2.75, 3.05) is 7.11 Å². The first kappa shape index (κ1) is 17.0. The van der Waals surface area contributed by atoms with Gasteiger partial charge in [-0.1, -0.05) is 12.1 Å². The lowest BCUT2D eigenvalue weighted by Gasteiger charge is -2.16. The normalized spacial score (nSPS) is 13.8. The van der Waals surface area contributed by atoms with E-state index >= 15 is 0 Å². The molecule has 6 heteroatoms. The highest BCUT2D eigenvalue weighted by molar-refractivity contribution is 5.97. The third-order valence-electron chi connectivity index (χ3n) is 4.39. The van der Waals surface area contributed by atoms with Gasteiger partial charge in [0.1, 0.15) is 0 Å². The monoisotopic (exact) mass is 343 g/mol. The number of aryl methyl sites for hydroxylation is 2. The number of carboxylic acids is 1. The average Bonchev–Trinajstić information content (AvgIpc) is 3.06. The van der Waals surface area contributed by atoms with Crippen molar-refractivity contribution in [2.24, 2.45) is 0 Å². The number of methoxy groups -OCH3 is 1. The van der Waals surface area contributed by atoms with E-state index in [4.69, 9.17) is 4.74 Å². The summed E-state index contributed by atoms with van der Waals surface area (Å²) in [5, 5.41) is 11.9. The zero-order valence-electron chi connectivity index (χ0n) is 13.7. The Bertz CT molecular complexity index is 834. The van der Waals surface area contributed by atoms with Crippen LogP contribution in [0.2, 0.25) is 0 Å². The maximum Gasteiger partial charge on any atom is 0.330 e. The maximum absolute atomic E-state index is 13.9. The molecule has 0 saturated heterocycles. The summed E-state index contributed by atoms with van der Waals surface area (Å²) in [5.74, 6) is -2.44. The number of hydrogen-bond acceptors (Lipinski definition) is 3. The number of hydrogen-bond donors (Lipinski definition) is 2. The second kappa shape index (κ2) is 6.93. The van der Waals surface area contributed by atoms with Crippen molar-refractivity contribution >= 4 is 11.9 Å². The Labute approximate surface area is 144 Å². The predicted octanol–water partition coefficient (Wildman–Crippen LogP) is 2.88. The van der Waals surface area contributed by atoms with Gasteiger partial charge in [-0.3, -0.25) is 4.79 Å². The molecule has 0 saturated carbocycles. The summed E-state index contributed by atoms with van der Waals surface area (Å²) in [4.78, 5) is 24.0. The number of ether oxygens (including phenoxy) is 1. The van der Waals surface area contributed by atoms with E-state index in [1.807, 2.05) is 6.07 Å². The smallest absolute Gasteiger partial charge is 0.330 e. The Balaban J connectivity index is 1.83. The summed E-state index contributed by atoms with van der Waals surface area (Å²) in [5.41, 5.74) is 2.89. The van der Waals surface area contributed by atoms with Crippen LogP contribution in [0.4, 0.5) is 4.39 Å². The van der Waals surface area contributed by atoms with Crippen LogP contribution in [0.1, 0.15) is 39.5 Å². The largest absolute Gasteiger partial charge is 0.494 e. The molecule has 0 aliphatic heterocycles. The summed E-state index contributed by atoms with van der Waals surface area (Å²) in [7, 11) is 1.32. The summed E-state index contributed by atoms with van der Waals surface area (Å²) in [6, 6.07) is 7.85. The van der Waals surface area contributed by atoms with Crippen LogP contribution >= 0.6 is 0 Å². The molecule has 1 unspecified atom stereocenters. The number of fused-ring (bicyclic) bond motifs is 1. The Hall–Kier alpha value is -2.89. The van der Waals surface area contributed by atoms with E-state index in [0.717, 1.165) is 30.9 Å². The molecule has 2 aromatic rings. The number of benzene rings is 2. The van der Waals surface area contributed by atoms with Gasteiger partial charge in [0, 0.05) is 5.56 Å². The van der Waals surface area contributed by atoms with Gasteiger partial charge in [-0.05, 0) is 60.2 Å². The quantitative estimate of drug-likeness (QED) is 0.875. The molecule has 0 spiro atoms. The minimum Gasteiger partial charge on any atom is -0.494 e. The number of carbonyl (C=O) groups is 2. The molecular weight excluding hydrogens is 325 g/mol. The fourth-order valence-corrected chi connectivity index (χ4v) is 3.08. The van der Waals surface area contributed by atoms with Gasteiger partial charge in [0.25, 0.3) is 5.91 Å². The van der Waals surface area contributed by atoms with Crippen molar-refractivity contribution in [3.63, 3.8) is 0 Å². The van der Waals surface area contributed by atoms with Gasteiger partial charge in [-0.25, -0.2) is 9.18 Å². The van der Waals surface area contributed by atoms with Crippen LogP contribution in [0, 0.1) is 5.82 Å². The van der Waals surface area contributed by atoms with E-state index in [2.05, 4.69) is 5.32 Å². The molecule has 25 heavy (non-hydrogen) atoms. The second-order valence-electron chi connectivity index (χ2n) is 5.98. The van der Waals surface area contributed by atoms with Crippen LogP contribution in [0.3, 0.4) is 0 Å². The minimum atomic E-state index is -1.35. The SMILES string of the molecule is COc1ccc(C(NC(=O)c2ccc3c(c2)CCC3)C(=O)O)cc1F. The van der Waals surface area contributed by atoms with Gasteiger partial charge in [0.05, 0.1) is 7.11 Å². The minimum absolute atomic E-state index is 0.0119. The molecule has 1 aliphatic rings. The fraction of sp³-hybridized carbons (Fsp3) is 0.263. The summed E-state index contributed by atoms with van der Waals surface area (Å²) >= 11 is 0. The zero-order chi connectivity index (χ0) is 18.0. The summed E-state index contributed by atoms with van der Waals surface area (Å²) in [6.45, 7) is 0. The molecule has 1 atom stereocenters. The highest BCUT2D eigenvalue weighted by atomic mass is 19.1. The third-order valence-corrected chi connectivity index (χ3v) is 4.39. The first-order valence-electron chi connectivity index (χ1n) is 7.98. The summed E-state index contributed by atoms with van der Waals surface area (Å²) in [6.07, 6.45) is 2.98. The van der Waals surface area contributed by atoms with Crippen LogP contribution in [0.25, 0.3) is 0 Å². The highest BCUT2D eigenvalue weighted by Gasteiger charge is 2.24. The van der Waals surface area contributed by atoms with Gasteiger partial charge in [-0.15, -0.1) is 0 Å².